The first-order valence-corrected chi connectivity index (χ1v) is 9.63. The van der Waals surface area contributed by atoms with Crippen molar-refractivity contribution >= 4 is 11.7 Å². The normalized spacial score (nSPS) is 11.7. The highest BCUT2D eigenvalue weighted by Crippen LogP contribution is 2.29. The number of hydrogen-bond donors (Lipinski definition) is 3. The number of nitrogens with two attached hydrogens (primary N) is 1. The highest BCUT2D eigenvalue weighted by atomic mass is 19.1. The number of rotatable bonds is 8. The van der Waals surface area contributed by atoms with Crippen molar-refractivity contribution in [3.8, 4) is 11.3 Å². The van der Waals surface area contributed by atoms with Crippen molar-refractivity contribution in [1.29, 1.82) is 5.41 Å². The number of nitrogens with zero attached hydrogens (tertiary/aromatic N) is 1. The number of ether oxygens (including phenoxy) is 1. The average molecular weight is 424 g/mol. The van der Waals surface area contributed by atoms with Crippen molar-refractivity contribution < 1.29 is 18.3 Å². The van der Waals surface area contributed by atoms with Gasteiger partial charge in [-0.2, -0.15) is 0 Å². The van der Waals surface area contributed by atoms with E-state index in [0.717, 1.165) is 17.7 Å². The van der Waals surface area contributed by atoms with E-state index >= 15 is 0 Å². The van der Waals surface area contributed by atoms with E-state index in [0.29, 0.717) is 11.3 Å². The molecule has 1 aromatic heterocycles. The minimum Gasteiger partial charge on any atom is -0.384 e. The summed E-state index contributed by atoms with van der Waals surface area (Å²) in [6.07, 6.45) is 0.0811. The van der Waals surface area contributed by atoms with Gasteiger partial charge in [0.15, 0.2) is 6.10 Å². The smallest absolute Gasteiger partial charge is 0.254 e. The van der Waals surface area contributed by atoms with Crippen molar-refractivity contribution in [2.45, 2.75) is 19.6 Å². The van der Waals surface area contributed by atoms with E-state index in [-0.39, 0.29) is 24.6 Å². The third-order valence-corrected chi connectivity index (χ3v) is 4.61. The van der Waals surface area contributed by atoms with Crippen molar-refractivity contribution in [3.63, 3.8) is 0 Å². The monoisotopic (exact) mass is 424 g/mol. The number of pyridine rings is 1. The Labute approximate surface area is 178 Å². The van der Waals surface area contributed by atoms with Crippen molar-refractivity contribution in [1.82, 2.24) is 10.3 Å². The summed E-state index contributed by atoms with van der Waals surface area (Å²) in [5.41, 5.74) is 6.94. The van der Waals surface area contributed by atoms with E-state index in [1.807, 2.05) is 0 Å². The molecule has 6 nitrogen and oxygen atoms in total. The minimum atomic E-state index is -1.45. The van der Waals surface area contributed by atoms with Crippen LogP contribution in [0.3, 0.4) is 0 Å². The van der Waals surface area contributed by atoms with Crippen LogP contribution in [0.5, 0.6) is 0 Å². The lowest BCUT2D eigenvalue weighted by Crippen LogP contribution is -2.31. The Kier molecular flexibility index (Phi) is 7.04. The highest BCUT2D eigenvalue weighted by Gasteiger charge is 2.28. The summed E-state index contributed by atoms with van der Waals surface area (Å²) in [6, 6.07) is 14.0. The maximum absolute atomic E-state index is 14.9. The summed E-state index contributed by atoms with van der Waals surface area (Å²) in [4.78, 5) is 16.8. The van der Waals surface area contributed by atoms with E-state index < -0.39 is 29.2 Å². The van der Waals surface area contributed by atoms with Crippen LogP contribution in [0, 0.1) is 17.0 Å². The van der Waals surface area contributed by atoms with Crippen LogP contribution in [-0.4, -0.2) is 23.3 Å². The molecule has 0 radical (unpaired) electrons. The Bertz CT molecular complexity index is 1050. The largest absolute Gasteiger partial charge is 0.384 e. The van der Waals surface area contributed by atoms with Gasteiger partial charge < -0.3 is 15.8 Å². The van der Waals surface area contributed by atoms with Gasteiger partial charge in [0.25, 0.3) is 5.91 Å². The lowest BCUT2D eigenvalue weighted by Gasteiger charge is -2.19. The molecule has 3 rings (SSSR count). The van der Waals surface area contributed by atoms with Gasteiger partial charge in [-0.3, -0.25) is 15.2 Å². The summed E-state index contributed by atoms with van der Waals surface area (Å²) in [7, 11) is 0. The summed E-state index contributed by atoms with van der Waals surface area (Å²) >= 11 is 0. The molecule has 1 amide bonds. The zero-order valence-electron chi connectivity index (χ0n) is 16.9. The van der Waals surface area contributed by atoms with E-state index in [1.165, 1.54) is 6.20 Å². The number of aromatic nitrogens is 1. The highest BCUT2D eigenvalue weighted by molar-refractivity contribution is 5.94. The van der Waals surface area contributed by atoms with Gasteiger partial charge >= 0.3 is 0 Å². The number of amidine groups is 1. The zero-order chi connectivity index (χ0) is 22.4. The van der Waals surface area contributed by atoms with Crippen molar-refractivity contribution in [2.75, 3.05) is 6.61 Å². The molecule has 0 aliphatic carbocycles. The van der Waals surface area contributed by atoms with Crippen LogP contribution in [-0.2, 0) is 16.1 Å². The second-order valence-corrected chi connectivity index (χ2v) is 6.73. The molecular weight excluding hydrogens is 402 g/mol. The van der Waals surface area contributed by atoms with Crippen LogP contribution < -0.4 is 11.1 Å². The molecule has 0 saturated heterocycles. The molecule has 3 aromatic rings. The number of nitrogen functional groups attached to an aromatic ring is 1. The van der Waals surface area contributed by atoms with Crippen LogP contribution >= 0.6 is 0 Å². The van der Waals surface area contributed by atoms with Gasteiger partial charge in [-0.1, -0.05) is 30.3 Å². The Morgan fingerprint density at radius 3 is 2.39 bits per heavy atom. The third kappa shape index (κ3) is 5.29. The summed E-state index contributed by atoms with van der Waals surface area (Å²) in [6.45, 7) is 1.85. The molecule has 160 valence electrons. The first-order valence-electron chi connectivity index (χ1n) is 9.63. The van der Waals surface area contributed by atoms with Crippen molar-refractivity contribution in [3.05, 3.63) is 89.1 Å². The minimum absolute atomic E-state index is 0.0629. The molecule has 2 aromatic carbocycles. The molecular formula is C23H22F2N4O2. The van der Waals surface area contributed by atoms with Crippen LogP contribution in [0.1, 0.15) is 29.7 Å². The first-order chi connectivity index (χ1) is 14.9. The molecule has 0 spiro atoms. The maximum Gasteiger partial charge on any atom is 0.254 e. The number of halogens is 2. The Morgan fingerprint density at radius 1 is 1.16 bits per heavy atom. The van der Waals surface area contributed by atoms with Gasteiger partial charge in [-0.25, -0.2) is 8.78 Å². The fourth-order valence-corrected chi connectivity index (χ4v) is 3.06. The van der Waals surface area contributed by atoms with E-state index in [1.54, 1.807) is 49.4 Å². The summed E-state index contributed by atoms with van der Waals surface area (Å²) in [5, 5.41) is 10.0. The van der Waals surface area contributed by atoms with Crippen LogP contribution in [0.25, 0.3) is 11.3 Å². The maximum atomic E-state index is 14.9. The van der Waals surface area contributed by atoms with E-state index in [2.05, 4.69) is 10.3 Å². The zero-order valence-corrected chi connectivity index (χ0v) is 16.9. The van der Waals surface area contributed by atoms with Crippen LogP contribution in [0.2, 0.25) is 0 Å². The average Bonchev–Trinajstić information content (AvgIpc) is 2.77. The Balaban J connectivity index is 1.80. The van der Waals surface area contributed by atoms with Gasteiger partial charge in [0.1, 0.15) is 17.5 Å². The molecule has 4 N–H and O–H groups in total. The van der Waals surface area contributed by atoms with Gasteiger partial charge in [0.2, 0.25) is 0 Å². The number of carbonyl (C=O) groups excluding carboxylic acids is 1. The Morgan fingerprint density at radius 2 is 1.84 bits per heavy atom. The number of carbonyl (C=O) groups is 1. The lowest BCUT2D eigenvalue weighted by molar-refractivity contribution is -0.133. The number of amides is 1. The van der Waals surface area contributed by atoms with Crippen LogP contribution in [0.4, 0.5) is 8.78 Å². The van der Waals surface area contributed by atoms with E-state index in [9.17, 15) is 13.6 Å². The quantitative estimate of drug-likeness (QED) is 0.379. The SMILES string of the molecule is CCO[C@H](C(=O)NCc1ccc(C(=N)N)cc1)c1c(F)cc(-c2ccccn2)cc1F. The second-order valence-electron chi connectivity index (χ2n) is 6.73. The Hall–Kier alpha value is -3.65. The standard InChI is InChI=1S/C23H22F2N4O2/c1-2-31-21(23(30)29-13-14-6-8-15(9-7-14)22(26)27)20-17(24)11-16(12-18(20)25)19-5-3-4-10-28-19/h3-12,21H,2,13H2,1H3,(H3,26,27)(H,29,30)/t21-/m0/s1. The molecule has 1 atom stereocenters. The molecule has 1 heterocycles. The van der Waals surface area contributed by atoms with Gasteiger partial charge in [0.05, 0.1) is 11.3 Å². The first kappa shape index (κ1) is 22.0. The van der Waals surface area contributed by atoms with Gasteiger partial charge in [-0.05, 0) is 36.8 Å². The van der Waals surface area contributed by atoms with E-state index in [4.69, 9.17) is 15.9 Å². The molecule has 0 aliphatic heterocycles. The van der Waals surface area contributed by atoms with Gasteiger partial charge in [-0.15, -0.1) is 0 Å². The molecule has 0 saturated carbocycles. The van der Waals surface area contributed by atoms with Crippen LogP contribution in [0.15, 0.2) is 60.8 Å². The fraction of sp³-hybridized carbons (Fsp3) is 0.174. The fourth-order valence-electron chi connectivity index (χ4n) is 3.06. The number of hydrogen-bond acceptors (Lipinski definition) is 4. The number of nitrogens with one attached hydrogen (secondary N) is 2. The topological polar surface area (TPSA) is 101 Å². The summed E-state index contributed by atoms with van der Waals surface area (Å²) < 4.78 is 35.1. The van der Waals surface area contributed by atoms with Crippen molar-refractivity contribution in [2.24, 2.45) is 5.73 Å². The second kappa shape index (κ2) is 9.90. The molecule has 31 heavy (non-hydrogen) atoms. The summed E-state index contributed by atoms with van der Waals surface area (Å²) in [5.74, 6) is -2.51. The molecule has 8 heteroatoms. The molecule has 0 bridgehead atoms. The number of benzene rings is 2. The predicted octanol–water partition coefficient (Wildman–Crippen LogP) is 3.70. The molecule has 0 unspecified atom stereocenters. The third-order valence-electron chi connectivity index (χ3n) is 4.61. The molecule has 0 fully saturated rings. The lowest BCUT2D eigenvalue weighted by atomic mass is 10.0. The van der Waals surface area contributed by atoms with Gasteiger partial charge in [0, 0.05) is 30.5 Å². The molecule has 0 aliphatic rings. The predicted molar refractivity (Wildman–Crippen MR) is 113 cm³/mol.